The number of nitrogens with one attached hydrogen (secondary N) is 1. The smallest absolute Gasteiger partial charge is 0.0620 e. The normalized spacial score (nSPS) is 30.2. The van der Waals surface area contributed by atoms with Crippen LogP contribution in [0.1, 0.15) is 45.4 Å². The van der Waals surface area contributed by atoms with Gasteiger partial charge in [-0.25, -0.2) is 0 Å². The molecule has 0 aromatic carbocycles. The SMILES string of the molecule is CCCC1(CNC2CCOC2)CCC1. The van der Waals surface area contributed by atoms with Gasteiger partial charge in [0.15, 0.2) is 0 Å². The molecule has 0 radical (unpaired) electrons. The fraction of sp³-hybridized carbons (Fsp3) is 1.00. The van der Waals surface area contributed by atoms with Crippen LogP contribution >= 0.6 is 0 Å². The van der Waals surface area contributed by atoms with Gasteiger partial charge in [-0.1, -0.05) is 19.8 Å². The van der Waals surface area contributed by atoms with Crippen molar-refractivity contribution < 1.29 is 4.74 Å². The van der Waals surface area contributed by atoms with E-state index in [-0.39, 0.29) is 0 Å². The molecule has 1 heterocycles. The standard InChI is InChI=1S/C12H23NO/c1-2-5-12(6-3-7-12)10-13-11-4-8-14-9-11/h11,13H,2-10H2,1H3. The van der Waals surface area contributed by atoms with Crippen molar-refractivity contribution in [3.05, 3.63) is 0 Å². The summed E-state index contributed by atoms with van der Waals surface area (Å²) in [5.41, 5.74) is 0.664. The average Bonchev–Trinajstić information content (AvgIpc) is 2.62. The van der Waals surface area contributed by atoms with Crippen LogP contribution in [0.15, 0.2) is 0 Å². The number of hydrogen-bond donors (Lipinski definition) is 1. The third kappa shape index (κ3) is 2.29. The lowest BCUT2D eigenvalue weighted by Gasteiger charge is -2.43. The molecule has 2 nitrogen and oxygen atoms in total. The second-order valence-electron chi connectivity index (χ2n) is 5.04. The zero-order valence-electron chi connectivity index (χ0n) is 9.35. The Hall–Kier alpha value is -0.0800. The molecule has 1 aliphatic carbocycles. The highest BCUT2D eigenvalue weighted by atomic mass is 16.5. The molecule has 0 spiro atoms. The van der Waals surface area contributed by atoms with Gasteiger partial charge in [-0.3, -0.25) is 0 Å². The molecule has 2 rings (SSSR count). The summed E-state index contributed by atoms with van der Waals surface area (Å²) in [5.74, 6) is 0. The van der Waals surface area contributed by atoms with Crippen molar-refractivity contribution >= 4 is 0 Å². The molecule has 0 aromatic rings. The number of hydrogen-bond acceptors (Lipinski definition) is 2. The van der Waals surface area contributed by atoms with Crippen molar-refractivity contribution in [2.75, 3.05) is 19.8 Å². The Balaban J connectivity index is 1.71. The van der Waals surface area contributed by atoms with E-state index in [0.717, 1.165) is 13.2 Å². The zero-order valence-corrected chi connectivity index (χ0v) is 9.35. The summed E-state index contributed by atoms with van der Waals surface area (Å²) in [6, 6.07) is 0.643. The predicted molar refractivity (Wildman–Crippen MR) is 58.4 cm³/mol. The van der Waals surface area contributed by atoms with Crippen molar-refractivity contribution in [2.45, 2.75) is 51.5 Å². The molecule has 2 heteroatoms. The molecule has 1 aliphatic heterocycles. The molecule has 1 saturated heterocycles. The number of rotatable bonds is 5. The van der Waals surface area contributed by atoms with E-state index in [0.29, 0.717) is 11.5 Å². The van der Waals surface area contributed by atoms with E-state index in [2.05, 4.69) is 12.2 Å². The summed E-state index contributed by atoms with van der Waals surface area (Å²) >= 11 is 0. The second-order valence-corrected chi connectivity index (χ2v) is 5.04. The molecule has 1 saturated carbocycles. The van der Waals surface area contributed by atoms with E-state index in [1.165, 1.54) is 45.1 Å². The lowest BCUT2D eigenvalue weighted by molar-refractivity contribution is 0.108. The summed E-state index contributed by atoms with van der Waals surface area (Å²) in [7, 11) is 0. The minimum Gasteiger partial charge on any atom is -0.380 e. The van der Waals surface area contributed by atoms with Gasteiger partial charge in [0, 0.05) is 19.2 Å². The maximum absolute atomic E-state index is 5.37. The van der Waals surface area contributed by atoms with Crippen molar-refractivity contribution in [3.63, 3.8) is 0 Å². The first-order chi connectivity index (χ1) is 6.85. The highest BCUT2D eigenvalue weighted by molar-refractivity contribution is 4.90. The zero-order chi connectivity index (χ0) is 9.86. The minimum absolute atomic E-state index is 0.643. The topological polar surface area (TPSA) is 21.3 Å². The van der Waals surface area contributed by atoms with Crippen LogP contribution in [0.2, 0.25) is 0 Å². The lowest BCUT2D eigenvalue weighted by Crippen LogP contribution is -2.43. The van der Waals surface area contributed by atoms with E-state index in [1.54, 1.807) is 0 Å². The predicted octanol–water partition coefficient (Wildman–Crippen LogP) is 2.34. The fourth-order valence-corrected chi connectivity index (χ4v) is 2.78. The van der Waals surface area contributed by atoms with Gasteiger partial charge in [0.05, 0.1) is 6.61 Å². The minimum atomic E-state index is 0.643. The van der Waals surface area contributed by atoms with Gasteiger partial charge in [-0.05, 0) is 31.1 Å². The van der Waals surface area contributed by atoms with Crippen LogP contribution in [0.5, 0.6) is 0 Å². The molecule has 1 unspecified atom stereocenters. The Labute approximate surface area is 87.4 Å². The molecular formula is C12H23NO. The van der Waals surface area contributed by atoms with Gasteiger partial charge >= 0.3 is 0 Å². The van der Waals surface area contributed by atoms with Crippen LogP contribution in [-0.2, 0) is 4.74 Å². The molecule has 82 valence electrons. The maximum Gasteiger partial charge on any atom is 0.0620 e. The summed E-state index contributed by atoms with van der Waals surface area (Å²) in [6.45, 7) is 5.42. The molecule has 0 bridgehead atoms. The Morgan fingerprint density at radius 3 is 2.79 bits per heavy atom. The summed E-state index contributed by atoms with van der Waals surface area (Å²) in [6.07, 6.45) is 8.30. The van der Waals surface area contributed by atoms with Gasteiger partial charge in [0.1, 0.15) is 0 Å². The molecule has 1 N–H and O–H groups in total. The Bertz CT molecular complexity index is 171. The van der Waals surface area contributed by atoms with Crippen LogP contribution < -0.4 is 5.32 Å². The van der Waals surface area contributed by atoms with Gasteiger partial charge in [-0.2, -0.15) is 0 Å². The quantitative estimate of drug-likeness (QED) is 0.730. The van der Waals surface area contributed by atoms with Crippen LogP contribution in [0, 0.1) is 5.41 Å². The highest BCUT2D eigenvalue weighted by Crippen LogP contribution is 2.44. The first-order valence-corrected chi connectivity index (χ1v) is 6.16. The molecule has 2 fully saturated rings. The van der Waals surface area contributed by atoms with Crippen molar-refractivity contribution in [3.8, 4) is 0 Å². The van der Waals surface area contributed by atoms with E-state index in [9.17, 15) is 0 Å². The van der Waals surface area contributed by atoms with Crippen LogP contribution in [0.25, 0.3) is 0 Å². The maximum atomic E-state index is 5.37. The highest BCUT2D eigenvalue weighted by Gasteiger charge is 2.36. The molecule has 1 atom stereocenters. The van der Waals surface area contributed by atoms with E-state index in [4.69, 9.17) is 4.74 Å². The van der Waals surface area contributed by atoms with Gasteiger partial charge < -0.3 is 10.1 Å². The van der Waals surface area contributed by atoms with Gasteiger partial charge in [-0.15, -0.1) is 0 Å². The fourth-order valence-electron chi connectivity index (χ4n) is 2.78. The lowest BCUT2D eigenvalue weighted by atomic mass is 9.66. The average molecular weight is 197 g/mol. The largest absolute Gasteiger partial charge is 0.380 e. The van der Waals surface area contributed by atoms with Gasteiger partial charge in [0.25, 0.3) is 0 Å². The molecule has 0 amide bonds. The van der Waals surface area contributed by atoms with Crippen LogP contribution in [0.4, 0.5) is 0 Å². The summed E-state index contributed by atoms with van der Waals surface area (Å²) < 4.78 is 5.37. The molecule has 14 heavy (non-hydrogen) atoms. The van der Waals surface area contributed by atoms with Crippen molar-refractivity contribution in [2.24, 2.45) is 5.41 Å². The monoisotopic (exact) mass is 197 g/mol. The Morgan fingerprint density at radius 1 is 1.43 bits per heavy atom. The second kappa shape index (κ2) is 4.63. The third-order valence-electron chi connectivity index (χ3n) is 3.89. The van der Waals surface area contributed by atoms with Gasteiger partial charge in [0.2, 0.25) is 0 Å². The number of ether oxygens (including phenoxy) is 1. The summed E-state index contributed by atoms with van der Waals surface area (Å²) in [4.78, 5) is 0. The van der Waals surface area contributed by atoms with E-state index in [1.807, 2.05) is 0 Å². The first-order valence-electron chi connectivity index (χ1n) is 6.16. The van der Waals surface area contributed by atoms with Crippen molar-refractivity contribution in [1.29, 1.82) is 0 Å². The summed E-state index contributed by atoms with van der Waals surface area (Å²) in [5, 5.41) is 3.68. The Morgan fingerprint density at radius 2 is 2.29 bits per heavy atom. The van der Waals surface area contributed by atoms with Crippen LogP contribution in [-0.4, -0.2) is 25.8 Å². The van der Waals surface area contributed by atoms with E-state index >= 15 is 0 Å². The third-order valence-corrected chi connectivity index (χ3v) is 3.89. The first kappa shape index (κ1) is 10.4. The molecular weight excluding hydrogens is 174 g/mol. The van der Waals surface area contributed by atoms with Crippen LogP contribution in [0.3, 0.4) is 0 Å². The van der Waals surface area contributed by atoms with E-state index < -0.39 is 0 Å². The van der Waals surface area contributed by atoms with Crippen molar-refractivity contribution in [1.82, 2.24) is 5.32 Å². The molecule has 2 aliphatic rings. The Kier molecular flexibility index (Phi) is 3.45. The molecule has 0 aromatic heterocycles.